The average Bonchev–Trinajstić information content (AvgIpc) is 2.88. The Labute approximate surface area is 113 Å². The summed E-state index contributed by atoms with van der Waals surface area (Å²) in [5.41, 5.74) is 3.55. The van der Waals surface area contributed by atoms with Gasteiger partial charge in [-0.3, -0.25) is 0 Å². The van der Waals surface area contributed by atoms with E-state index >= 15 is 0 Å². The molecular weight excluding hydrogens is 240 g/mol. The van der Waals surface area contributed by atoms with E-state index in [2.05, 4.69) is 4.98 Å². The number of rotatable bonds is 4. The van der Waals surface area contributed by atoms with Crippen molar-refractivity contribution < 1.29 is 9.53 Å². The van der Waals surface area contributed by atoms with Crippen LogP contribution in [0.25, 0.3) is 11.1 Å². The predicted molar refractivity (Wildman–Crippen MR) is 76.5 cm³/mol. The molecule has 0 amide bonds. The van der Waals surface area contributed by atoms with Gasteiger partial charge in [-0.25, -0.2) is 4.79 Å². The summed E-state index contributed by atoms with van der Waals surface area (Å²) in [5, 5.41) is 0. The monoisotopic (exact) mass is 258 g/mol. The second-order valence-corrected chi connectivity index (χ2v) is 4.44. The number of benzene rings is 1. The van der Waals surface area contributed by atoms with Gasteiger partial charge in [-0.05, 0) is 24.6 Å². The highest BCUT2D eigenvalue weighted by Crippen LogP contribution is 2.26. The normalized spacial score (nSPS) is 10.3. The molecule has 0 aliphatic heterocycles. The van der Waals surface area contributed by atoms with Crippen molar-refractivity contribution in [1.82, 2.24) is 4.98 Å². The average molecular weight is 258 g/mol. The fourth-order valence-corrected chi connectivity index (χ4v) is 1.92. The van der Waals surface area contributed by atoms with Gasteiger partial charge in [0.1, 0.15) is 0 Å². The van der Waals surface area contributed by atoms with E-state index in [1.807, 2.05) is 49.5 Å². The molecule has 4 heteroatoms. The van der Waals surface area contributed by atoms with Gasteiger partial charge >= 0.3 is 5.97 Å². The highest BCUT2D eigenvalue weighted by Gasteiger charge is 2.14. The Bertz CT molecular complexity index is 556. The number of H-pyrrole nitrogens is 1. The number of aromatic amines is 1. The number of carbonyl (C=O) groups is 1. The Balaban J connectivity index is 2.32. The lowest BCUT2D eigenvalue weighted by Crippen LogP contribution is -2.08. The number of esters is 1. The second kappa shape index (κ2) is 5.61. The molecule has 2 aromatic rings. The van der Waals surface area contributed by atoms with Gasteiger partial charge in [-0.1, -0.05) is 12.1 Å². The summed E-state index contributed by atoms with van der Waals surface area (Å²) in [6.07, 6.45) is 3.49. The Morgan fingerprint density at radius 3 is 2.47 bits per heavy atom. The molecular formula is C15H18N2O2. The molecule has 0 saturated carbocycles. The van der Waals surface area contributed by atoms with E-state index < -0.39 is 0 Å². The van der Waals surface area contributed by atoms with Crippen molar-refractivity contribution in [3.63, 3.8) is 0 Å². The maximum atomic E-state index is 11.8. The molecule has 19 heavy (non-hydrogen) atoms. The molecule has 0 saturated heterocycles. The lowest BCUT2D eigenvalue weighted by atomic mass is 10.0. The van der Waals surface area contributed by atoms with E-state index in [1.165, 1.54) is 0 Å². The topological polar surface area (TPSA) is 45.3 Å². The summed E-state index contributed by atoms with van der Waals surface area (Å²) in [6.45, 7) is 2.18. The van der Waals surface area contributed by atoms with Gasteiger partial charge in [0.25, 0.3) is 0 Å². The van der Waals surface area contributed by atoms with Crippen LogP contribution in [0.15, 0.2) is 36.7 Å². The summed E-state index contributed by atoms with van der Waals surface area (Å²) in [5.74, 6) is -0.296. The van der Waals surface area contributed by atoms with Crippen LogP contribution < -0.4 is 4.90 Å². The van der Waals surface area contributed by atoms with Crippen molar-refractivity contribution in [3.8, 4) is 11.1 Å². The molecule has 100 valence electrons. The minimum Gasteiger partial charge on any atom is -0.462 e. The van der Waals surface area contributed by atoms with Crippen LogP contribution in [0.4, 0.5) is 5.69 Å². The fraction of sp³-hybridized carbons (Fsp3) is 0.267. The van der Waals surface area contributed by atoms with Gasteiger partial charge in [0.15, 0.2) is 0 Å². The fourth-order valence-electron chi connectivity index (χ4n) is 1.92. The number of hydrogen-bond acceptors (Lipinski definition) is 3. The number of carbonyl (C=O) groups excluding carboxylic acids is 1. The third kappa shape index (κ3) is 2.78. The third-order valence-electron chi connectivity index (χ3n) is 2.94. The van der Waals surface area contributed by atoms with Crippen LogP contribution in [0.2, 0.25) is 0 Å². The van der Waals surface area contributed by atoms with Crippen LogP contribution in [0, 0.1) is 0 Å². The molecule has 0 aliphatic carbocycles. The Morgan fingerprint density at radius 1 is 1.21 bits per heavy atom. The first-order valence-corrected chi connectivity index (χ1v) is 6.25. The first kappa shape index (κ1) is 13.2. The van der Waals surface area contributed by atoms with E-state index in [4.69, 9.17) is 4.74 Å². The Kier molecular flexibility index (Phi) is 3.90. The molecule has 1 aromatic carbocycles. The first-order chi connectivity index (χ1) is 9.13. The maximum Gasteiger partial charge on any atom is 0.340 e. The minimum atomic E-state index is -0.296. The van der Waals surface area contributed by atoms with Crippen LogP contribution in [0.1, 0.15) is 17.3 Å². The smallest absolute Gasteiger partial charge is 0.340 e. The van der Waals surface area contributed by atoms with Crippen LogP contribution in [-0.4, -0.2) is 31.7 Å². The van der Waals surface area contributed by atoms with Crippen molar-refractivity contribution in [3.05, 3.63) is 42.2 Å². The highest BCUT2D eigenvalue weighted by molar-refractivity contribution is 5.97. The van der Waals surface area contributed by atoms with Crippen molar-refractivity contribution in [2.45, 2.75) is 6.92 Å². The molecule has 0 aliphatic rings. The third-order valence-corrected chi connectivity index (χ3v) is 2.94. The number of hydrogen-bond donors (Lipinski definition) is 1. The van der Waals surface area contributed by atoms with Crippen LogP contribution in [0.3, 0.4) is 0 Å². The van der Waals surface area contributed by atoms with Gasteiger partial charge in [-0.15, -0.1) is 0 Å². The predicted octanol–water partition coefficient (Wildman–Crippen LogP) is 2.92. The van der Waals surface area contributed by atoms with Crippen LogP contribution >= 0.6 is 0 Å². The summed E-state index contributed by atoms with van der Waals surface area (Å²) in [4.78, 5) is 16.8. The molecule has 0 atom stereocenters. The van der Waals surface area contributed by atoms with Crippen molar-refractivity contribution in [1.29, 1.82) is 0 Å². The summed E-state index contributed by atoms with van der Waals surface area (Å²) in [6, 6.07) is 8.05. The molecule has 0 bridgehead atoms. The SMILES string of the molecule is CCOC(=O)c1c[nH]cc1-c1ccc(N(C)C)cc1. The highest BCUT2D eigenvalue weighted by atomic mass is 16.5. The van der Waals surface area contributed by atoms with Crippen molar-refractivity contribution in [2.75, 3.05) is 25.6 Å². The zero-order valence-corrected chi connectivity index (χ0v) is 11.4. The molecule has 1 N–H and O–H groups in total. The largest absolute Gasteiger partial charge is 0.462 e. The van der Waals surface area contributed by atoms with E-state index in [9.17, 15) is 4.79 Å². The Hall–Kier alpha value is -2.23. The summed E-state index contributed by atoms with van der Waals surface area (Å²) < 4.78 is 5.04. The zero-order chi connectivity index (χ0) is 13.8. The molecule has 1 heterocycles. The van der Waals surface area contributed by atoms with E-state index in [0.717, 1.165) is 16.8 Å². The van der Waals surface area contributed by atoms with Crippen molar-refractivity contribution >= 4 is 11.7 Å². The molecule has 1 aromatic heterocycles. The lowest BCUT2D eigenvalue weighted by Gasteiger charge is -2.12. The summed E-state index contributed by atoms with van der Waals surface area (Å²) >= 11 is 0. The molecule has 4 nitrogen and oxygen atoms in total. The lowest BCUT2D eigenvalue weighted by molar-refractivity contribution is 0.0527. The van der Waals surface area contributed by atoms with E-state index in [0.29, 0.717) is 12.2 Å². The first-order valence-electron chi connectivity index (χ1n) is 6.25. The second-order valence-electron chi connectivity index (χ2n) is 4.44. The quantitative estimate of drug-likeness (QED) is 0.858. The molecule has 0 unspecified atom stereocenters. The summed E-state index contributed by atoms with van der Waals surface area (Å²) in [7, 11) is 3.99. The number of ether oxygens (including phenoxy) is 1. The Morgan fingerprint density at radius 2 is 1.89 bits per heavy atom. The van der Waals surface area contributed by atoms with Gasteiger partial charge in [0.05, 0.1) is 12.2 Å². The van der Waals surface area contributed by atoms with Gasteiger partial charge in [-0.2, -0.15) is 0 Å². The van der Waals surface area contributed by atoms with Gasteiger partial charge in [0, 0.05) is 37.7 Å². The number of aromatic nitrogens is 1. The maximum absolute atomic E-state index is 11.8. The van der Waals surface area contributed by atoms with Gasteiger partial charge in [0.2, 0.25) is 0 Å². The number of nitrogens with one attached hydrogen (secondary N) is 1. The molecule has 0 fully saturated rings. The molecule has 0 spiro atoms. The van der Waals surface area contributed by atoms with Crippen molar-refractivity contribution in [2.24, 2.45) is 0 Å². The minimum absolute atomic E-state index is 0.296. The zero-order valence-electron chi connectivity index (χ0n) is 11.4. The van der Waals surface area contributed by atoms with Crippen LogP contribution in [-0.2, 0) is 4.74 Å². The number of nitrogens with zero attached hydrogens (tertiary/aromatic N) is 1. The van der Waals surface area contributed by atoms with Gasteiger partial charge < -0.3 is 14.6 Å². The number of anilines is 1. The molecule has 0 radical (unpaired) electrons. The van der Waals surface area contributed by atoms with E-state index in [1.54, 1.807) is 13.1 Å². The van der Waals surface area contributed by atoms with Crippen LogP contribution in [0.5, 0.6) is 0 Å². The standard InChI is InChI=1S/C15H18N2O2/c1-4-19-15(18)14-10-16-9-13(14)11-5-7-12(8-6-11)17(2)3/h5-10,16H,4H2,1-3H3. The van der Waals surface area contributed by atoms with E-state index in [-0.39, 0.29) is 5.97 Å². The molecule has 2 rings (SSSR count).